The average molecular weight is 286 g/mol. The number of carbonyl (C=O) groups excluding carboxylic acids is 1. The first-order valence-electron chi connectivity index (χ1n) is 5.83. The van der Waals surface area contributed by atoms with Gasteiger partial charge in [-0.15, -0.1) is 0 Å². The third-order valence-corrected chi connectivity index (χ3v) is 3.11. The Morgan fingerprint density at radius 3 is 2.95 bits per heavy atom. The highest BCUT2D eigenvalue weighted by Crippen LogP contribution is 2.03. The molecule has 0 saturated carbocycles. The second kappa shape index (κ2) is 7.80. The number of nitrogens with two attached hydrogens (primary N) is 1. The molecule has 0 fully saturated rings. The molecule has 1 amide bonds. The minimum atomic E-state index is -1.04. The smallest absolute Gasteiger partial charge is 0.326 e. The van der Waals surface area contributed by atoms with E-state index in [-0.39, 0.29) is 5.69 Å². The third-order valence-electron chi connectivity index (χ3n) is 2.47. The summed E-state index contributed by atoms with van der Waals surface area (Å²) in [6.07, 6.45) is 5.32. The molecule has 0 spiro atoms. The van der Waals surface area contributed by atoms with Crippen LogP contribution in [0.5, 0.6) is 0 Å². The van der Waals surface area contributed by atoms with Crippen molar-refractivity contribution in [3.05, 3.63) is 18.2 Å². The molecule has 1 heterocycles. The van der Waals surface area contributed by atoms with E-state index >= 15 is 0 Å². The molecule has 4 N–H and O–H groups in total. The molecule has 7 nitrogen and oxygen atoms in total. The maximum atomic E-state index is 11.9. The number of nitrogens with one attached hydrogen (secondary N) is 1. The number of aliphatic carboxylic acids is 1. The van der Waals surface area contributed by atoms with E-state index in [0.29, 0.717) is 25.3 Å². The first kappa shape index (κ1) is 15.5. The summed E-state index contributed by atoms with van der Waals surface area (Å²) in [7, 11) is 0. The standard InChI is InChI=1S/C11H18N4O3S/c1-19-5-2-8(11(17)18)14-10(16)9-6-15(4-3-12)7-13-9/h6-8H,2-5,12H2,1H3,(H,14,16)(H,17,18)/t8-/m1/s1. The highest BCUT2D eigenvalue weighted by atomic mass is 32.2. The Hall–Kier alpha value is -1.54. The van der Waals surface area contributed by atoms with E-state index in [9.17, 15) is 9.59 Å². The lowest BCUT2D eigenvalue weighted by Gasteiger charge is -2.12. The summed E-state index contributed by atoms with van der Waals surface area (Å²) in [4.78, 5) is 26.8. The fourth-order valence-corrected chi connectivity index (χ4v) is 1.95. The van der Waals surface area contributed by atoms with Gasteiger partial charge >= 0.3 is 5.97 Å². The van der Waals surface area contributed by atoms with Gasteiger partial charge in [0.25, 0.3) is 5.91 Å². The minimum absolute atomic E-state index is 0.198. The number of thioether (sulfide) groups is 1. The number of carboxylic acid groups (broad SMARTS) is 1. The van der Waals surface area contributed by atoms with E-state index < -0.39 is 17.9 Å². The van der Waals surface area contributed by atoms with Crippen LogP contribution in [-0.2, 0) is 11.3 Å². The summed E-state index contributed by atoms with van der Waals surface area (Å²) in [6.45, 7) is 1.01. The second-order valence-corrected chi connectivity index (χ2v) is 4.92. The highest BCUT2D eigenvalue weighted by Gasteiger charge is 2.21. The predicted octanol–water partition coefficient (Wildman–Crippen LogP) is -0.222. The van der Waals surface area contributed by atoms with Gasteiger partial charge in [-0.05, 0) is 18.4 Å². The van der Waals surface area contributed by atoms with Gasteiger partial charge in [0, 0.05) is 19.3 Å². The summed E-state index contributed by atoms with van der Waals surface area (Å²) in [6, 6.07) is -0.889. The van der Waals surface area contributed by atoms with Gasteiger partial charge < -0.3 is 20.7 Å². The van der Waals surface area contributed by atoms with E-state index in [4.69, 9.17) is 10.8 Å². The normalized spacial score (nSPS) is 12.1. The minimum Gasteiger partial charge on any atom is -0.480 e. The lowest BCUT2D eigenvalue weighted by atomic mass is 10.2. The first-order valence-corrected chi connectivity index (χ1v) is 7.22. The topological polar surface area (TPSA) is 110 Å². The second-order valence-electron chi connectivity index (χ2n) is 3.93. The molecule has 0 radical (unpaired) electrons. The van der Waals surface area contributed by atoms with Crippen LogP contribution in [0, 0.1) is 0 Å². The van der Waals surface area contributed by atoms with Crippen LogP contribution in [0.4, 0.5) is 0 Å². The van der Waals surface area contributed by atoms with Crippen LogP contribution in [0.15, 0.2) is 12.5 Å². The van der Waals surface area contributed by atoms with Gasteiger partial charge in [0.05, 0.1) is 6.33 Å². The van der Waals surface area contributed by atoms with Crippen molar-refractivity contribution >= 4 is 23.6 Å². The zero-order valence-electron chi connectivity index (χ0n) is 10.7. The number of rotatable bonds is 8. The molecule has 0 aliphatic heterocycles. The van der Waals surface area contributed by atoms with Gasteiger partial charge in [-0.3, -0.25) is 4.79 Å². The van der Waals surface area contributed by atoms with Crippen LogP contribution in [0.1, 0.15) is 16.9 Å². The Labute approximate surface area is 115 Å². The van der Waals surface area contributed by atoms with Gasteiger partial charge in [-0.25, -0.2) is 9.78 Å². The number of hydrogen-bond acceptors (Lipinski definition) is 5. The van der Waals surface area contributed by atoms with E-state index in [1.807, 2.05) is 6.26 Å². The summed E-state index contributed by atoms with van der Waals surface area (Å²) in [5.41, 5.74) is 5.59. The zero-order chi connectivity index (χ0) is 14.3. The predicted molar refractivity (Wildman–Crippen MR) is 73.2 cm³/mol. The molecule has 0 aliphatic carbocycles. The van der Waals surface area contributed by atoms with Gasteiger partial charge in [0.2, 0.25) is 0 Å². The van der Waals surface area contributed by atoms with Crippen LogP contribution < -0.4 is 11.1 Å². The van der Waals surface area contributed by atoms with E-state index in [2.05, 4.69) is 10.3 Å². The molecule has 0 saturated heterocycles. The maximum absolute atomic E-state index is 11.9. The molecular weight excluding hydrogens is 268 g/mol. The maximum Gasteiger partial charge on any atom is 0.326 e. The van der Waals surface area contributed by atoms with Crippen molar-refractivity contribution < 1.29 is 14.7 Å². The molecule has 106 valence electrons. The SMILES string of the molecule is CSCC[C@@H](NC(=O)c1cn(CCN)cn1)C(=O)O. The fourth-order valence-electron chi connectivity index (χ4n) is 1.47. The third kappa shape index (κ3) is 4.92. The number of carbonyl (C=O) groups is 2. The zero-order valence-corrected chi connectivity index (χ0v) is 11.5. The van der Waals surface area contributed by atoms with Crippen molar-refractivity contribution in [1.29, 1.82) is 0 Å². The molecule has 0 unspecified atom stereocenters. The van der Waals surface area contributed by atoms with Crippen LogP contribution in [0.2, 0.25) is 0 Å². The van der Waals surface area contributed by atoms with Crippen molar-refractivity contribution in [3.63, 3.8) is 0 Å². The molecule has 1 rings (SSSR count). The number of amides is 1. The Morgan fingerprint density at radius 1 is 1.63 bits per heavy atom. The number of hydrogen-bond donors (Lipinski definition) is 3. The van der Waals surface area contributed by atoms with E-state index in [0.717, 1.165) is 0 Å². The Bertz CT molecular complexity index is 435. The Kier molecular flexibility index (Phi) is 6.37. The molecular formula is C11H18N4O3S. The summed E-state index contributed by atoms with van der Waals surface area (Å²) in [5, 5.41) is 11.5. The summed E-state index contributed by atoms with van der Waals surface area (Å²) < 4.78 is 1.69. The molecule has 1 aromatic rings. The molecule has 8 heteroatoms. The molecule has 19 heavy (non-hydrogen) atoms. The Morgan fingerprint density at radius 2 is 2.37 bits per heavy atom. The largest absolute Gasteiger partial charge is 0.480 e. The first-order chi connectivity index (χ1) is 9.08. The average Bonchev–Trinajstić information content (AvgIpc) is 2.83. The number of aromatic nitrogens is 2. The van der Waals surface area contributed by atoms with E-state index in [1.165, 1.54) is 18.1 Å². The summed E-state index contributed by atoms with van der Waals surface area (Å²) in [5.74, 6) is -0.855. The molecule has 1 atom stereocenters. The monoisotopic (exact) mass is 286 g/mol. The molecule has 0 aliphatic rings. The molecule has 0 aromatic carbocycles. The van der Waals surface area contributed by atoms with Gasteiger partial charge in [-0.1, -0.05) is 0 Å². The van der Waals surface area contributed by atoms with Crippen LogP contribution in [-0.4, -0.2) is 51.1 Å². The van der Waals surface area contributed by atoms with Crippen molar-refractivity contribution in [1.82, 2.24) is 14.9 Å². The van der Waals surface area contributed by atoms with Gasteiger partial charge in [0.1, 0.15) is 11.7 Å². The number of imidazole rings is 1. The van der Waals surface area contributed by atoms with Crippen LogP contribution in [0.3, 0.4) is 0 Å². The van der Waals surface area contributed by atoms with Crippen molar-refractivity contribution in [3.8, 4) is 0 Å². The van der Waals surface area contributed by atoms with Crippen LogP contribution >= 0.6 is 11.8 Å². The number of carboxylic acids is 1. The number of nitrogens with zero attached hydrogens (tertiary/aromatic N) is 2. The summed E-state index contributed by atoms with van der Waals surface area (Å²) >= 11 is 1.53. The van der Waals surface area contributed by atoms with E-state index in [1.54, 1.807) is 10.8 Å². The fraction of sp³-hybridized carbons (Fsp3) is 0.545. The highest BCUT2D eigenvalue weighted by molar-refractivity contribution is 7.98. The van der Waals surface area contributed by atoms with Crippen molar-refractivity contribution in [2.24, 2.45) is 5.73 Å². The van der Waals surface area contributed by atoms with Gasteiger partial charge in [0.15, 0.2) is 0 Å². The lowest BCUT2D eigenvalue weighted by Crippen LogP contribution is -2.41. The van der Waals surface area contributed by atoms with Crippen LogP contribution in [0.25, 0.3) is 0 Å². The van der Waals surface area contributed by atoms with Crippen molar-refractivity contribution in [2.45, 2.75) is 19.0 Å². The van der Waals surface area contributed by atoms with Crippen molar-refractivity contribution in [2.75, 3.05) is 18.6 Å². The molecule has 1 aromatic heterocycles. The van der Waals surface area contributed by atoms with Gasteiger partial charge in [-0.2, -0.15) is 11.8 Å². The molecule has 0 bridgehead atoms. The lowest BCUT2D eigenvalue weighted by molar-refractivity contribution is -0.139. The Balaban J connectivity index is 2.62. The quantitative estimate of drug-likeness (QED) is 0.609.